The van der Waals surface area contributed by atoms with Gasteiger partial charge in [0.05, 0.1) is 18.6 Å². The van der Waals surface area contributed by atoms with E-state index in [2.05, 4.69) is 26.1 Å². The number of nitrogens with one attached hydrogen (secondary N) is 1. The van der Waals surface area contributed by atoms with E-state index in [-0.39, 0.29) is 35.4 Å². The highest BCUT2D eigenvalue weighted by Gasteiger charge is 2.32. The van der Waals surface area contributed by atoms with Crippen LogP contribution in [0.4, 0.5) is 4.79 Å². The van der Waals surface area contributed by atoms with Gasteiger partial charge in [0.15, 0.2) is 5.78 Å². The number of ketones is 1. The first-order chi connectivity index (χ1) is 12.2. The van der Waals surface area contributed by atoms with E-state index in [1.807, 2.05) is 13.8 Å². The maximum Gasteiger partial charge on any atom is 0.408 e. The number of hydrogen-bond donors (Lipinski definition) is 1. The van der Waals surface area contributed by atoms with Crippen molar-refractivity contribution in [3.63, 3.8) is 0 Å². The van der Waals surface area contributed by atoms with Crippen molar-refractivity contribution >= 4 is 29.6 Å². The number of carbonyl (C=O) groups is 3. The Balaban J connectivity index is 5.14. The third-order valence-corrected chi connectivity index (χ3v) is 4.91. The number of ether oxygens (including phenoxy) is 2. The molecule has 1 amide bonds. The van der Waals surface area contributed by atoms with Gasteiger partial charge in [0.1, 0.15) is 5.60 Å². The van der Waals surface area contributed by atoms with Crippen LogP contribution in [0.25, 0.3) is 0 Å². The summed E-state index contributed by atoms with van der Waals surface area (Å²) in [5, 5.41) is 2.65. The number of rotatable bonds is 9. The molecular weight excluding hydrogens is 366 g/mol. The lowest BCUT2D eigenvalue weighted by Crippen LogP contribution is -2.47. The zero-order chi connectivity index (χ0) is 21.4. The van der Waals surface area contributed by atoms with Gasteiger partial charge in [0.2, 0.25) is 0 Å². The maximum absolute atomic E-state index is 12.8. The number of Topliss-reactive ketones (excluding diaryl/α,β-unsaturated/α-hetero) is 1. The van der Waals surface area contributed by atoms with Crippen molar-refractivity contribution in [1.29, 1.82) is 0 Å². The quantitative estimate of drug-likeness (QED) is 0.581. The molecule has 0 saturated carbocycles. The molecule has 0 radical (unpaired) electrons. The summed E-state index contributed by atoms with van der Waals surface area (Å²) in [4.78, 5) is 37.2. The van der Waals surface area contributed by atoms with E-state index in [4.69, 9.17) is 9.47 Å². The van der Waals surface area contributed by atoms with Crippen LogP contribution in [0.15, 0.2) is 0 Å². The van der Waals surface area contributed by atoms with E-state index < -0.39 is 23.7 Å². The molecule has 0 heterocycles. The van der Waals surface area contributed by atoms with Crippen molar-refractivity contribution in [2.45, 2.75) is 85.1 Å². The molecular formula is C20H37NO5S. The largest absolute Gasteiger partial charge is 0.466 e. The summed E-state index contributed by atoms with van der Waals surface area (Å²) in [6.07, 6.45) is -0.605. The summed E-state index contributed by atoms with van der Waals surface area (Å²) >= 11 is 1.61. The van der Waals surface area contributed by atoms with Crippen LogP contribution in [0.3, 0.4) is 0 Å². The topological polar surface area (TPSA) is 81.7 Å². The maximum atomic E-state index is 12.8. The van der Waals surface area contributed by atoms with Crippen molar-refractivity contribution < 1.29 is 23.9 Å². The lowest BCUT2D eigenvalue weighted by Gasteiger charge is -2.26. The van der Waals surface area contributed by atoms with Gasteiger partial charge in [-0.25, -0.2) is 4.79 Å². The van der Waals surface area contributed by atoms with E-state index in [1.54, 1.807) is 39.5 Å². The minimum absolute atomic E-state index is 0.0278. The monoisotopic (exact) mass is 403 g/mol. The molecule has 0 aromatic heterocycles. The number of carbonyl (C=O) groups excluding carboxylic acids is 3. The van der Waals surface area contributed by atoms with Crippen molar-refractivity contribution in [2.24, 2.45) is 11.8 Å². The van der Waals surface area contributed by atoms with Gasteiger partial charge in [-0.3, -0.25) is 9.59 Å². The average molecular weight is 404 g/mol. The Morgan fingerprint density at radius 2 is 1.59 bits per heavy atom. The first-order valence-corrected chi connectivity index (χ1v) is 10.5. The lowest BCUT2D eigenvalue weighted by atomic mass is 9.93. The van der Waals surface area contributed by atoms with Gasteiger partial charge < -0.3 is 14.8 Å². The summed E-state index contributed by atoms with van der Waals surface area (Å²) in [5.74, 6) is -0.733. The third-order valence-electron chi connectivity index (χ3n) is 3.47. The highest BCUT2D eigenvalue weighted by atomic mass is 32.2. The van der Waals surface area contributed by atoms with E-state index >= 15 is 0 Å². The van der Waals surface area contributed by atoms with Gasteiger partial charge in [0, 0.05) is 16.9 Å². The molecule has 27 heavy (non-hydrogen) atoms. The first-order valence-electron chi connectivity index (χ1n) is 9.49. The molecule has 0 aliphatic carbocycles. The van der Waals surface area contributed by atoms with Gasteiger partial charge >= 0.3 is 12.1 Å². The van der Waals surface area contributed by atoms with Gasteiger partial charge in [-0.05, 0) is 33.6 Å². The Bertz CT molecular complexity index is 505. The number of hydrogen-bond acceptors (Lipinski definition) is 6. The van der Waals surface area contributed by atoms with E-state index in [1.165, 1.54) is 0 Å². The fraction of sp³-hybridized carbons (Fsp3) is 0.850. The molecule has 158 valence electrons. The standard InChI is InChI=1S/C20H37NO5S/c1-10-25-17(23)14(12-27-20(7,8)9)11-15(22)16(13(2)3)21-18(24)26-19(4,5)6/h13-14,16H,10-12H2,1-9H3,(H,21,24)/t14-,16-/m0/s1. The Morgan fingerprint density at radius 3 is 2.00 bits per heavy atom. The molecule has 2 atom stereocenters. The second-order valence-corrected chi connectivity index (χ2v) is 10.8. The van der Waals surface area contributed by atoms with Crippen LogP contribution < -0.4 is 5.32 Å². The van der Waals surface area contributed by atoms with Crippen molar-refractivity contribution in [3.05, 3.63) is 0 Å². The lowest BCUT2D eigenvalue weighted by molar-refractivity contribution is -0.148. The smallest absolute Gasteiger partial charge is 0.408 e. The molecule has 0 aliphatic heterocycles. The summed E-state index contributed by atoms with van der Waals surface area (Å²) in [5.41, 5.74) is -0.647. The molecule has 0 saturated heterocycles. The normalized spacial score (nSPS) is 14.4. The van der Waals surface area contributed by atoms with E-state index in [9.17, 15) is 14.4 Å². The molecule has 6 nitrogen and oxygen atoms in total. The second kappa shape index (κ2) is 10.9. The van der Waals surface area contributed by atoms with Crippen LogP contribution in [-0.4, -0.2) is 46.6 Å². The SMILES string of the molecule is CCOC(=O)[C@H](CSC(C)(C)C)CC(=O)[C@@H](NC(=O)OC(C)(C)C)C(C)C. The average Bonchev–Trinajstić information content (AvgIpc) is 2.45. The van der Waals surface area contributed by atoms with E-state index in [0.29, 0.717) is 5.75 Å². The summed E-state index contributed by atoms with van der Waals surface area (Å²) in [6, 6.07) is -0.712. The minimum Gasteiger partial charge on any atom is -0.466 e. The molecule has 0 spiro atoms. The summed E-state index contributed by atoms with van der Waals surface area (Å²) in [7, 11) is 0. The fourth-order valence-electron chi connectivity index (χ4n) is 2.24. The summed E-state index contributed by atoms with van der Waals surface area (Å²) < 4.78 is 10.4. The molecule has 0 aromatic carbocycles. The zero-order valence-corrected chi connectivity index (χ0v) is 19.1. The van der Waals surface area contributed by atoms with Gasteiger partial charge in [-0.2, -0.15) is 11.8 Å². The molecule has 0 bridgehead atoms. The molecule has 0 aliphatic rings. The van der Waals surface area contributed by atoms with Crippen molar-refractivity contribution in [2.75, 3.05) is 12.4 Å². The van der Waals surface area contributed by atoms with Crippen molar-refractivity contribution in [3.8, 4) is 0 Å². The highest BCUT2D eigenvalue weighted by molar-refractivity contribution is 8.00. The van der Waals surface area contributed by atoms with Crippen LogP contribution in [0, 0.1) is 11.8 Å². The van der Waals surface area contributed by atoms with Crippen LogP contribution in [0.1, 0.15) is 68.7 Å². The second-order valence-electron chi connectivity index (χ2n) is 8.91. The fourth-order valence-corrected chi connectivity index (χ4v) is 3.20. The molecule has 0 rings (SSSR count). The Morgan fingerprint density at radius 1 is 1.04 bits per heavy atom. The third kappa shape index (κ3) is 12.0. The number of alkyl carbamates (subject to hydrolysis) is 1. The Kier molecular flexibility index (Phi) is 10.4. The first kappa shape index (κ1) is 25.8. The van der Waals surface area contributed by atoms with Crippen LogP contribution >= 0.6 is 11.8 Å². The van der Waals surface area contributed by atoms with Crippen LogP contribution in [-0.2, 0) is 19.1 Å². The molecule has 0 aromatic rings. The van der Waals surface area contributed by atoms with Crippen LogP contribution in [0.2, 0.25) is 0 Å². The molecule has 1 N–H and O–H groups in total. The van der Waals surface area contributed by atoms with Crippen LogP contribution in [0.5, 0.6) is 0 Å². The number of esters is 1. The predicted molar refractivity (Wildman–Crippen MR) is 110 cm³/mol. The van der Waals surface area contributed by atoms with Crippen molar-refractivity contribution in [1.82, 2.24) is 5.32 Å². The molecule has 0 fully saturated rings. The van der Waals surface area contributed by atoms with Gasteiger partial charge in [-0.15, -0.1) is 0 Å². The Hall–Kier alpha value is -1.24. The predicted octanol–water partition coefficient (Wildman–Crippen LogP) is 4.21. The van der Waals surface area contributed by atoms with E-state index in [0.717, 1.165) is 0 Å². The summed E-state index contributed by atoms with van der Waals surface area (Å²) in [6.45, 7) is 17.2. The number of thioether (sulfide) groups is 1. The molecule has 7 heteroatoms. The van der Waals surface area contributed by atoms with Gasteiger partial charge in [-0.1, -0.05) is 34.6 Å². The zero-order valence-electron chi connectivity index (χ0n) is 18.3. The number of amides is 1. The minimum atomic E-state index is -0.712. The molecule has 0 unspecified atom stereocenters. The Labute approximate surface area is 168 Å². The van der Waals surface area contributed by atoms with Gasteiger partial charge in [0.25, 0.3) is 0 Å². The highest BCUT2D eigenvalue weighted by Crippen LogP contribution is 2.27.